The number of aryl methyl sites for hydroxylation is 1. The standard InChI is InChI=1S/C34H41N3O2Si/c1-24-18-32-31(11-8-12-33(32)37(24)40(6,7)34(2,3)4)26-19-28(36-17-9-10-27(35)22-36)21-30(20-26)39-23-25-13-15-29(38-5)16-14-25/h8-21H,22-23,35H2,1-7H3. The fraction of sp³-hybridized carbons (Fsp3) is 0.294. The molecule has 0 spiro atoms. The summed E-state index contributed by atoms with van der Waals surface area (Å²) >= 11 is 0. The molecule has 1 aliphatic heterocycles. The van der Waals surface area contributed by atoms with Crippen molar-refractivity contribution in [3.63, 3.8) is 0 Å². The summed E-state index contributed by atoms with van der Waals surface area (Å²) in [5.41, 5.74) is 14.1. The van der Waals surface area contributed by atoms with Crippen LogP contribution in [-0.4, -0.2) is 26.1 Å². The maximum atomic E-state index is 6.39. The molecule has 0 aliphatic carbocycles. The predicted molar refractivity (Wildman–Crippen MR) is 171 cm³/mol. The van der Waals surface area contributed by atoms with Crippen molar-refractivity contribution in [2.45, 2.75) is 52.4 Å². The average Bonchev–Trinajstić information content (AvgIpc) is 3.28. The van der Waals surface area contributed by atoms with Gasteiger partial charge in [0.1, 0.15) is 18.1 Å². The fourth-order valence-corrected chi connectivity index (χ4v) is 7.73. The molecule has 0 radical (unpaired) electrons. The van der Waals surface area contributed by atoms with Crippen molar-refractivity contribution in [1.29, 1.82) is 0 Å². The van der Waals surface area contributed by atoms with E-state index in [1.165, 1.54) is 22.2 Å². The highest BCUT2D eigenvalue weighted by atomic mass is 28.3. The second-order valence-electron chi connectivity index (χ2n) is 12.2. The summed E-state index contributed by atoms with van der Waals surface area (Å²) in [6, 6.07) is 23.6. The van der Waals surface area contributed by atoms with Crippen LogP contribution in [-0.2, 0) is 6.61 Å². The first kappa shape index (κ1) is 27.7. The normalized spacial score (nSPS) is 14.0. The van der Waals surface area contributed by atoms with Gasteiger partial charge in [-0.1, -0.05) is 58.1 Å². The third-order valence-electron chi connectivity index (χ3n) is 8.45. The summed E-state index contributed by atoms with van der Waals surface area (Å²) in [7, 11) is -0.151. The molecule has 2 N–H and O–H groups in total. The Morgan fingerprint density at radius 3 is 2.38 bits per heavy atom. The van der Waals surface area contributed by atoms with Crippen LogP contribution < -0.4 is 20.1 Å². The lowest BCUT2D eigenvalue weighted by atomic mass is 10.00. The number of nitrogens with two attached hydrogens (primary N) is 1. The van der Waals surface area contributed by atoms with Crippen LogP contribution in [0, 0.1) is 6.92 Å². The van der Waals surface area contributed by atoms with Gasteiger partial charge in [-0.2, -0.15) is 0 Å². The number of rotatable bonds is 7. The van der Waals surface area contributed by atoms with Crippen LogP contribution in [0.25, 0.3) is 22.0 Å². The van der Waals surface area contributed by atoms with E-state index in [0.717, 1.165) is 34.0 Å². The van der Waals surface area contributed by atoms with Gasteiger partial charge in [0.05, 0.1) is 13.7 Å². The topological polar surface area (TPSA) is 52.7 Å². The Bertz CT molecular complexity index is 1590. The zero-order valence-electron chi connectivity index (χ0n) is 24.8. The molecule has 0 atom stereocenters. The smallest absolute Gasteiger partial charge is 0.161 e. The molecule has 2 heterocycles. The van der Waals surface area contributed by atoms with Crippen LogP contribution in [0.1, 0.15) is 32.0 Å². The van der Waals surface area contributed by atoms with Gasteiger partial charge in [-0.3, -0.25) is 0 Å². The second kappa shape index (κ2) is 10.6. The molecule has 40 heavy (non-hydrogen) atoms. The maximum Gasteiger partial charge on any atom is 0.161 e. The maximum absolute atomic E-state index is 6.39. The summed E-state index contributed by atoms with van der Waals surface area (Å²) in [4.78, 5) is 2.17. The number of nitrogens with zero attached hydrogens (tertiary/aromatic N) is 2. The lowest BCUT2D eigenvalue weighted by Crippen LogP contribution is -2.45. The fourth-order valence-electron chi connectivity index (χ4n) is 5.32. The molecule has 5 rings (SSSR count). The van der Waals surface area contributed by atoms with Crippen LogP contribution in [0.2, 0.25) is 18.1 Å². The van der Waals surface area contributed by atoms with Crippen LogP contribution >= 0.6 is 0 Å². The molecule has 5 nitrogen and oxygen atoms in total. The summed E-state index contributed by atoms with van der Waals surface area (Å²) in [5, 5.41) is 1.49. The number of methoxy groups -OCH3 is 1. The van der Waals surface area contributed by atoms with Gasteiger partial charge in [0.2, 0.25) is 0 Å². The first-order valence-corrected chi connectivity index (χ1v) is 16.8. The van der Waals surface area contributed by atoms with Crippen molar-refractivity contribution in [3.8, 4) is 22.6 Å². The minimum Gasteiger partial charge on any atom is -0.497 e. The average molecular weight is 552 g/mol. The molecule has 4 aromatic rings. The Morgan fingerprint density at radius 1 is 0.950 bits per heavy atom. The lowest BCUT2D eigenvalue weighted by molar-refractivity contribution is 0.306. The number of benzene rings is 3. The van der Waals surface area contributed by atoms with E-state index in [-0.39, 0.29) is 5.04 Å². The van der Waals surface area contributed by atoms with Crippen molar-refractivity contribution < 1.29 is 9.47 Å². The van der Waals surface area contributed by atoms with Crippen LogP contribution in [0.15, 0.2) is 90.8 Å². The molecule has 0 bridgehead atoms. The Balaban J connectivity index is 1.59. The van der Waals surface area contributed by atoms with E-state index in [1.54, 1.807) is 7.11 Å². The van der Waals surface area contributed by atoms with Crippen LogP contribution in [0.5, 0.6) is 11.5 Å². The minimum absolute atomic E-state index is 0.218. The zero-order valence-corrected chi connectivity index (χ0v) is 25.8. The quantitative estimate of drug-likeness (QED) is 0.235. The molecule has 3 aromatic carbocycles. The number of hydrogen-bond donors (Lipinski definition) is 1. The van der Waals surface area contributed by atoms with E-state index < -0.39 is 8.24 Å². The highest BCUT2D eigenvalue weighted by Gasteiger charge is 2.39. The van der Waals surface area contributed by atoms with Crippen molar-refractivity contribution >= 4 is 24.8 Å². The highest BCUT2D eigenvalue weighted by molar-refractivity contribution is 6.79. The first-order valence-electron chi connectivity index (χ1n) is 13.9. The summed E-state index contributed by atoms with van der Waals surface area (Å²) < 4.78 is 14.3. The van der Waals surface area contributed by atoms with Crippen molar-refractivity contribution in [2.24, 2.45) is 5.73 Å². The number of fused-ring (bicyclic) bond motifs is 1. The predicted octanol–water partition coefficient (Wildman–Crippen LogP) is 8.23. The zero-order chi connectivity index (χ0) is 28.7. The summed E-state index contributed by atoms with van der Waals surface area (Å²) in [6.07, 6.45) is 6.02. The minimum atomic E-state index is -1.83. The van der Waals surface area contributed by atoms with E-state index in [4.69, 9.17) is 15.2 Å². The number of ether oxygens (including phenoxy) is 2. The van der Waals surface area contributed by atoms with Gasteiger partial charge in [0, 0.05) is 40.2 Å². The highest BCUT2D eigenvalue weighted by Crippen LogP contribution is 2.42. The van der Waals surface area contributed by atoms with Gasteiger partial charge in [-0.25, -0.2) is 0 Å². The number of allylic oxidation sites excluding steroid dienone is 2. The number of hydrogen-bond acceptors (Lipinski definition) is 4. The second-order valence-corrected chi connectivity index (χ2v) is 17.3. The molecule has 0 saturated heterocycles. The SMILES string of the molecule is COc1ccc(COc2cc(-c3cccc4c3cc(C)n4[Si](C)(C)C(C)(C)C)cc(N3C=CC=C(N)C3)c2)cc1. The lowest BCUT2D eigenvalue weighted by Gasteiger charge is -2.39. The molecule has 0 fully saturated rings. The molecule has 6 heteroatoms. The molecule has 1 aromatic heterocycles. The van der Waals surface area contributed by atoms with Gasteiger partial charge < -0.3 is 24.3 Å². The van der Waals surface area contributed by atoms with Crippen LogP contribution in [0.3, 0.4) is 0 Å². The molecule has 0 unspecified atom stereocenters. The van der Waals surface area contributed by atoms with Crippen LogP contribution in [0.4, 0.5) is 5.69 Å². The summed E-state index contributed by atoms with van der Waals surface area (Å²) in [6.45, 7) is 15.4. The monoisotopic (exact) mass is 551 g/mol. The summed E-state index contributed by atoms with van der Waals surface area (Å²) in [5.74, 6) is 1.66. The van der Waals surface area contributed by atoms with Gasteiger partial charge in [-0.15, -0.1) is 0 Å². The molecule has 208 valence electrons. The van der Waals surface area contributed by atoms with E-state index in [0.29, 0.717) is 13.2 Å². The third-order valence-corrected chi connectivity index (χ3v) is 13.8. The molecule has 0 amide bonds. The third kappa shape index (κ3) is 5.28. The van der Waals surface area contributed by atoms with E-state index in [1.807, 2.05) is 36.4 Å². The van der Waals surface area contributed by atoms with E-state index >= 15 is 0 Å². The Labute approximate surface area is 239 Å². The van der Waals surface area contributed by atoms with Crippen molar-refractivity contribution in [3.05, 3.63) is 102 Å². The van der Waals surface area contributed by atoms with Crippen molar-refractivity contribution in [1.82, 2.24) is 4.23 Å². The molecule has 1 aliphatic rings. The Kier molecular flexibility index (Phi) is 7.32. The van der Waals surface area contributed by atoms with E-state index in [9.17, 15) is 0 Å². The number of aromatic nitrogens is 1. The Hall–Kier alpha value is -3.90. The number of anilines is 1. The van der Waals surface area contributed by atoms with Gasteiger partial charge >= 0.3 is 0 Å². The Morgan fingerprint density at radius 2 is 1.70 bits per heavy atom. The largest absolute Gasteiger partial charge is 0.497 e. The molecule has 0 saturated carbocycles. The van der Waals surface area contributed by atoms with Gasteiger partial charge in [0.25, 0.3) is 0 Å². The van der Waals surface area contributed by atoms with Gasteiger partial charge in [0.15, 0.2) is 8.24 Å². The molecular weight excluding hydrogens is 510 g/mol. The van der Waals surface area contributed by atoms with Gasteiger partial charge in [-0.05, 0) is 77.2 Å². The first-order chi connectivity index (χ1) is 19.0. The van der Waals surface area contributed by atoms with E-state index in [2.05, 4.69) is 98.6 Å². The molecular formula is C34H41N3O2Si. The van der Waals surface area contributed by atoms with Crippen molar-refractivity contribution in [2.75, 3.05) is 18.6 Å².